The van der Waals surface area contributed by atoms with Crippen LogP contribution in [0.15, 0.2) is 36.4 Å². The van der Waals surface area contributed by atoms with E-state index in [1.807, 2.05) is 30.3 Å². The first-order valence-corrected chi connectivity index (χ1v) is 5.41. The van der Waals surface area contributed by atoms with Gasteiger partial charge in [-0.05, 0) is 18.6 Å². The monoisotopic (exact) mass is 231 g/mol. The average Bonchev–Trinajstić information content (AvgIpc) is 2.67. The third kappa shape index (κ3) is 2.53. The molecule has 1 heterocycles. The van der Waals surface area contributed by atoms with Gasteiger partial charge in [-0.15, -0.1) is 0 Å². The van der Waals surface area contributed by atoms with Gasteiger partial charge in [-0.3, -0.25) is 4.79 Å². The van der Waals surface area contributed by atoms with Crippen molar-refractivity contribution >= 4 is 18.1 Å². The second kappa shape index (κ2) is 4.82. The molecule has 1 aromatic rings. The van der Waals surface area contributed by atoms with Crippen LogP contribution in [0.4, 0.5) is 4.79 Å². The van der Waals surface area contributed by atoms with Gasteiger partial charge in [0.1, 0.15) is 6.61 Å². The van der Waals surface area contributed by atoms with Crippen LogP contribution in [0.3, 0.4) is 0 Å². The van der Waals surface area contributed by atoms with Crippen molar-refractivity contribution in [1.82, 2.24) is 4.90 Å². The van der Waals surface area contributed by atoms with Crippen molar-refractivity contribution in [3.8, 4) is 0 Å². The highest BCUT2D eigenvalue weighted by molar-refractivity contribution is 6.01. The van der Waals surface area contributed by atoms with Crippen molar-refractivity contribution in [3.63, 3.8) is 0 Å². The highest BCUT2D eigenvalue weighted by atomic mass is 16.6. The number of nitrogens with zero attached hydrogens (tertiary/aromatic N) is 1. The number of benzene rings is 1. The minimum absolute atomic E-state index is 0.199. The molecule has 0 unspecified atom stereocenters. The average molecular weight is 231 g/mol. The lowest BCUT2D eigenvalue weighted by atomic mass is 10.2. The first kappa shape index (κ1) is 11.4. The van der Waals surface area contributed by atoms with Gasteiger partial charge in [-0.25, -0.2) is 9.69 Å². The van der Waals surface area contributed by atoms with Crippen molar-refractivity contribution in [2.75, 3.05) is 6.61 Å². The molecule has 88 valence electrons. The third-order valence-electron chi connectivity index (χ3n) is 2.54. The molecule has 0 radical (unpaired) electrons. The van der Waals surface area contributed by atoms with Crippen molar-refractivity contribution in [3.05, 3.63) is 42.0 Å². The maximum Gasteiger partial charge on any atom is 0.417 e. The van der Waals surface area contributed by atoms with E-state index in [9.17, 15) is 9.59 Å². The van der Waals surface area contributed by atoms with E-state index in [1.165, 1.54) is 6.08 Å². The van der Waals surface area contributed by atoms with E-state index in [4.69, 9.17) is 4.74 Å². The van der Waals surface area contributed by atoms with Crippen LogP contribution in [-0.4, -0.2) is 29.5 Å². The fourth-order valence-corrected chi connectivity index (χ4v) is 1.64. The number of carbonyl (C=O) groups is 2. The number of amides is 2. The van der Waals surface area contributed by atoms with Crippen molar-refractivity contribution in [2.45, 2.75) is 13.0 Å². The zero-order chi connectivity index (χ0) is 12.3. The van der Waals surface area contributed by atoms with Gasteiger partial charge >= 0.3 is 6.09 Å². The Balaban J connectivity index is 2.07. The summed E-state index contributed by atoms with van der Waals surface area (Å²) in [5.74, 6) is -0.344. The standard InChI is InChI=1S/C13H13NO3/c1-10-9-17-13(16)14(10)12(15)8-7-11-5-3-2-4-6-11/h2-8,10H,9H2,1H3/b8-7+/t10-/m1/s1. The number of carbonyl (C=O) groups excluding carboxylic acids is 2. The van der Waals surface area contributed by atoms with Crippen molar-refractivity contribution < 1.29 is 14.3 Å². The van der Waals surface area contributed by atoms with E-state index in [1.54, 1.807) is 13.0 Å². The smallest absolute Gasteiger partial charge is 0.417 e. The quantitative estimate of drug-likeness (QED) is 0.732. The molecular formula is C13H13NO3. The van der Waals surface area contributed by atoms with Gasteiger partial charge in [0.2, 0.25) is 0 Å². The normalized spacial score (nSPS) is 19.7. The molecule has 0 aromatic heterocycles. The Morgan fingerprint density at radius 3 is 2.71 bits per heavy atom. The molecule has 1 saturated heterocycles. The number of ether oxygens (including phenoxy) is 1. The minimum Gasteiger partial charge on any atom is -0.447 e. The Labute approximate surface area is 99.5 Å². The van der Waals surface area contributed by atoms with Crippen LogP contribution in [0.5, 0.6) is 0 Å². The van der Waals surface area contributed by atoms with Crippen LogP contribution < -0.4 is 0 Å². The molecule has 0 aliphatic carbocycles. The molecule has 2 amide bonds. The topological polar surface area (TPSA) is 46.6 Å². The van der Waals surface area contributed by atoms with Crippen LogP contribution in [-0.2, 0) is 9.53 Å². The SMILES string of the molecule is C[C@@H]1COC(=O)N1C(=O)/C=C/c1ccccc1. The van der Waals surface area contributed by atoms with Gasteiger partial charge in [0.25, 0.3) is 5.91 Å². The van der Waals surface area contributed by atoms with Gasteiger partial charge in [-0.2, -0.15) is 0 Å². The first-order valence-electron chi connectivity index (χ1n) is 5.41. The molecule has 0 spiro atoms. The Morgan fingerprint density at radius 1 is 1.41 bits per heavy atom. The zero-order valence-electron chi connectivity index (χ0n) is 9.50. The van der Waals surface area contributed by atoms with E-state index in [0.717, 1.165) is 10.5 Å². The van der Waals surface area contributed by atoms with Gasteiger partial charge < -0.3 is 4.74 Å². The van der Waals surface area contributed by atoms with Crippen LogP contribution in [0.1, 0.15) is 12.5 Å². The lowest BCUT2D eigenvalue weighted by Crippen LogP contribution is -2.35. The maximum atomic E-state index is 11.8. The highest BCUT2D eigenvalue weighted by Gasteiger charge is 2.33. The fraction of sp³-hybridized carbons (Fsp3) is 0.231. The zero-order valence-corrected chi connectivity index (χ0v) is 9.50. The van der Waals surface area contributed by atoms with Gasteiger partial charge in [0.15, 0.2) is 0 Å². The molecule has 1 atom stereocenters. The summed E-state index contributed by atoms with van der Waals surface area (Å²) in [5.41, 5.74) is 0.918. The summed E-state index contributed by atoms with van der Waals surface area (Å²) in [4.78, 5) is 24.2. The Hall–Kier alpha value is -2.10. The summed E-state index contributed by atoms with van der Waals surface area (Å²) in [7, 11) is 0. The summed E-state index contributed by atoms with van der Waals surface area (Å²) in [6, 6.07) is 9.24. The van der Waals surface area contributed by atoms with E-state index in [-0.39, 0.29) is 18.6 Å². The maximum absolute atomic E-state index is 11.8. The lowest BCUT2D eigenvalue weighted by molar-refractivity contribution is -0.123. The molecule has 0 saturated carbocycles. The van der Waals surface area contributed by atoms with Crippen LogP contribution in [0.25, 0.3) is 6.08 Å². The van der Waals surface area contributed by atoms with E-state index < -0.39 is 6.09 Å². The predicted octanol–water partition coefficient (Wildman–Crippen LogP) is 2.07. The number of rotatable bonds is 2. The van der Waals surface area contributed by atoms with E-state index in [0.29, 0.717) is 0 Å². The molecule has 1 aromatic carbocycles. The molecule has 0 N–H and O–H groups in total. The molecule has 2 rings (SSSR count). The summed E-state index contributed by atoms with van der Waals surface area (Å²) in [5, 5.41) is 0. The molecule has 0 bridgehead atoms. The fourth-order valence-electron chi connectivity index (χ4n) is 1.64. The Morgan fingerprint density at radius 2 is 2.12 bits per heavy atom. The first-order chi connectivity index (χ1) is 8.18. The highest BCUT2D eigenvalue weighted by Crippen LogP contribution is 2.13. The third-order valence-corrected chi connectivity index (χ3v) is 2.54. The second-order valence-corrected chi connectivity index (χ2v) is 3.88. The lowest BCUT2D eigenvalue weighted by Gasteiger charge is -2.12. The molecular weight excluding hydrogens is 218 g/mol. The molecule has 1 aliphatic heterocycles. The van der Waals surface area contributed by atoms with E-state index >= 15 is 0 Å². The van der Waals surface area contributed by atoms with E-state index in [2.05, 4.69) is 0 Å². The second-order valence-electron chi connectivity index (χ2n) is 3.88. The molecule has 1 fully saturated rings. The summed E-state index contributed by atoms with van der Waals surface area (Å²) in [6.07, 6.45) is 2.50. The van der Waals surface area contributed by atoms with Gasteiger partial charge in [-0.1, -0.05) is 30.3 Å². The number of cyclic esters (lactones) is 1. The van der Waals surface area contributed by atoms with Crippen molar-refractivity contribution in [2.24, 2.45) is 0 Å². The minimum atomic E-state index is -0.569. The van der Waals surface area contributed by atoms with Gasteiger partial charge in [0, 0.05) is 6.08 Å². The molecule has 4 nitrogen and oxygen atoms in total. The summed E-state index contributed by atoms with van der Waals surface area (Å²) < 4.78 is 4.78. The Bertz CT molecular complexity index is 453. The van der Waals surface area contributed by atoms with Crippen LogP contribution >= 0.6 is 0 Å². The van der Waals surface area contributed by atoms with Crippen molar-refractivity contribution in [1.29, 1.82) is 0 Å². The number of imide groups is 1. The summed E-state index contributed by atoms with van der Waals surface area (Å²) in [6.45, 7) is 2.04. The van der Waals surface area contributed by atoms with Crippen LogP contribution in [0.2, 0.25) is 0 Å². The molecule has 4 heteroatoms. The Kier molecular flexibility index (Phi) is 3.23. The summed E-state index contributed by atoms with van der Waals surface area (Å²) >= 11 is 0. The number of hydrogen-bond acceptors (Lipinski definition) is 3. The van der Waals surface area contributed by atoms with Gasteiger partial charge in [0.05, 0.1) is 6.04 Å². The molecule has 1 aliphatic rings. The number of hydrogen-bond donors (Lipinski definition) is 0. The largest absolute Gasteiger partial charge is 0.447 e. The molecule has 17 heavy (non-hydrogen) atoms. The predicted molar refractivity (Wildman–Crippen MR) is 63.1 cm³/mol. The van der Waals surface area contributed by atoms with Crippen LogP contribution in [0, 0.1) is 0 Å².